The molecule has 0 unspecified atom stereocenters. The highest BCUT2D eigenvalue weighted by Crippen LogP contribution is 2.15. The third-order valence-corrected chi connectivity index (χ3v) is 6.76. The molecule has 180 valence electrons. The van der Waals surface area contributed by atoms with Crippen molar-refractivity contribution in [2.75, 3.05) is 6.54 Å². The van der Waals surface area contributed by atoms with Crippen molar-refractivity contribution >= 4 is 0 Å². The molecule has 0 aliphatic carbocycles. The van der Waals surface area contributed by atoms with Crippen molar-refractivity contribution in [2.24, 2.45) is 5.73 Å². The Kier molecular flexibility index (Phi) is 21.7. The molecule has 0 aromatic heterocycles. The lowest BCUT2D eigenvalue weighted by molar-refractivity contribution is 0.518. The number of rotatable bonds is 24. The lowest BCUT2D eigenvalue weighted by atomic mass is 10.0. The van der Waals surface area contributed by atoms with Crippen LogP contribution < -0.4 is 5.73 Å². The Labute approximate surface area is 196 Å². The van der Waals surface area contributed by atoms with Crippen molar-refractivity contribution < 1.29 is 0 Å². The normalized spacial score (nSPS) is 11.3. The summed E-state index contributed by atoms with van der Waals surface area (Å²) < 4.78 is 0. The van der Waals surface area contributed by atoms with Gasteiger partial charge in [0.1, 0.15) is 0 Å². The molecule has 0 radical (unpaired) electrons. The van der Waals surface area contributed by atoms with Crippen LogP contribution in [0.15, 0.2) is 30.3 Å². The highest BCUT2D eigenvalue weighted by atomic mass is 14.5. The van der Waals surface area contributed by atoms with E-state index in [1.165, 1.54) is 153 Å². The molecule has 1 aromatic carbocycles. The molecule has 0 aliphatic heterocycles. The van der Waals surface area contributed by atoms with E-state index in [0.29, 0.717) is 0 Å². The molecule has 0 fully saturated rings. The van der Waals surface area contributed by atoms with Gasteiger partial charge in [0.05, 0.1) is 0 Å². The van der Waals surface area contributed by atoms with E-state index in [2.05, 4.69) is 30.3 Å². The van der Waals surface area contributed by atoms with Crippen LogP contribution in [-0.4, -0.2) is 6.54 Å². The summed E-state index contributed by atoms with van der Waals surface area (Å²) in [5.74, 6) is 0. The molecule has 1 nitrogen and oxygen atoms in total. The largest absolute Gasteiger partial charge is 0.330 e. The van der Waals surface area contributed by atoms with Crippen LogP contribution in [-0.2, 0) is 6.42 Å². The Hall–Kier alpha value is -0.820. The second kappa shape index (κ2) is 23.8. The van der Waals surface area contributed by atoms with Gasteiger partial charge in [0.15, 0.2) is 0 Å². The van der Waals surface area contributed by atoms with Gasteiger partial charge in [-0.15, -0.1) is 0 Å². The van der Waals surface area contributed by atoms with Crippen molar-refractivity contribution in [3.8, 4) is 0 Å². The summed E-state index contributed by atoms with van der Waals surface area (Å²) in [4.78, 5) is 0. The van der Waals surface area contributed by atoms with Crippen LogP contribution in [0.4, 0.5) is 0 Å². The van der Waals surface area contributed by atoms with E-state index in [9.17, 15) is 0 Å². The number of benzene rings is 1. The van der Waals surface area contributed by atoms with Crippen LogP contribution in [0.2, 0.25) is 0 Å². The molecular formula is C30H55N. The number of aryl methyl sites for hydroxylation is 1. The van der Waals surface area contributed by atoms with Gasteiger partial charge in [0.2, 0.25) is 0 Å². The molecule has 0 heterocycles. The highest BCUT2D eigenvalue weighted by molar-refractivity contribution is 5.14. The maximum atomic E-state index is 5.53. The molecule has 1 heteroatoms. The summed E-state index contributed by atoms with van der Waals surface area (Å²) >= 11 is 0. The monoisotopic (exact) mass is 429 g/mol. The van der Waals surface area contributed by atoms with Crippen molar-refractivity contribution in [3.05, 3.63) is 35.9 Å². The second-order valence-electron chi connectivity index (χ2n) is 9.80. The average molecular weight is 430 g/mol. The minimum atomic E-state index is 0.871. The summed E-state index contributed by atoms with van der Waals surface area (Å²) in [6, 6.07) is 10.9. The number of nitrogens with two attached hydrogens (primary N) is 1. The molecule has 0 saturated heterocycles. The Bertz CT molecular complexity index is 441. The minimum absolute atomic E-state index is 0.871. The molecule has 1 aromatic rings. The van der Waals surface area contributed by atoms with Crippen molar-refractivity contribution in [1.82, 2.24) is 0 Å². The predicted octanol–water partition coefficient (Wildman–Crippen LogP) is 9.77. The number of unbranched alkanes of at least 4 members (excludes halogenated alkanes) is 21. The fourth-order valence-corrected chi connectivity index (χ4v) is 4.65. The van der Waals surface area contributed by atoms with Crippen molar-refractivity contribution in [1.29, 1.82) is 0 Å². The van der Waals surface area contributed by atoms with Crippen LogP contribution in [0.3, 0.4) is 0 Å². The summed E-state index contributed by atoms with van der Waals surface area (Å²) in [6.07, 6.45) is 32.8. The maximum absolute atomic E-state index is 5.53. The smallest absolute Gasteiger partial charge is 0.00773 e. The summed E-state index contributed by atoms with van der Waals surface area (Å²) in [6.45, 7) is 0.871. The molecule has 1 rings (SSSR count). The Balaban J connectivity index is 1.65. The molecule has 0 aliphatic rings. The molecule has 0 atom stereocenters. The first kappa shape index (κ1) is 28.2. The zero-order chi connectivity index (χ0) is 22.1. The van der Waals surface area contributed by atoms with Gasteiger partial charge in [-0.2, -0.15) is 0 Å². The maximum Gasteiger partial charge on any atom is -0.00773 e. The predicted molar refractivity (Wildman–Crippen MR) is 141 cm³/mol. The lowest BCUT2D eigenvalue weighted by Gasteiger charge is -2.04. The van der Waals surface area contributed by atoms with E-state index < -0.39 is 0 Å². The van der Waals surface area contributed by atoms with Crippen LogP contribution in [0.25, 0.3) is 0 Å². The molecule has 0 bridgehead atoms. The molecule has 0 amide bonds. The topological polar surface area (TPSA) is 26.0 Å². The third-order valence-electron chi connectivity index (χ3n) is 6.76. The second-order valence-corrected chi connectivity index (χ2v) is 9.80. The summed E-state index contributed by atoms with van der Waals surface area (Å²) in [5.41, 5.74) is 7.03. The third kappa shape index (κ3) is 20.8. The van der Waals surface area contributed by atoms with E-state index in [0.717, 1.165) is 6.54 Å². The number of hydrogen-bond donors (Lipinski definition) is 1. The fourth-order valence-electron chi connectivity index (χ4n) is 4.65. The van der Waals surface area contributed by atoms with Gasteiger partial charge in [-0.3, -0.25) is 0 Å². The van der Waals surface area contributed by atoms with Crippen LogP contribution in [0.1, 0.15) is 147 Å². The van der Waals surface area contributed by atoms with Crippen LogP contribution in [0, 0.1) is 0 Å². The minimum Gasteiger partial charge on any atom is -0.330 e. The fraction of sp³-hybridized carbons (Fsp3) is 0.800. The van der Waals surface area contributed by atoms with Gasteiger partial charge in [0.25, 0.3) is 0 Å². The van der Waals surface area contributed by atoms with Gasteiger partial charge in [-0.05, 0) is 31.4 Å². The molecule has 31 heavy (non-hydrogen) atoms. The van der Waals surface area contributed by atoms with E-state index in [1.807, 2.05) is 0 Å². The van der Waals surface area contributed by atoms with E-state index in [1.54, 1.807) is 0 Å². The van der Waals surface area contributed by atoms with Gasteiger partial charge in [-0.1, -0.05) is 159 Å². The standard InChI is InChI=1S/C30H55N/c31-29-25-20-18-16-14-12-10-8-6-4-2-1-3-5-7-9-11-13-15-17-19-22-26-30-27-23-21-24-28-30/h21,23-24,27-28H,1-20,22,25-26,29,31H2. The van der Waals surface area contributed by atoms with Gasteiger partial charge in [-0.25, -0.2) is 0 Å². The van der Waals surface area contributed by atoms with Gasteiger partial charge >= 0.3 is 0 Å². The average Bonchev–Trinajstić information content (AvgIpc) is 2.80. The van der Waals surface area contributed by atoms with Crippen LogP contribution in [0.5, 0.6) is 0 Å². The quantitative estimate of drug-likeness (QED) is 0.163. The summed E-state index contributed by atoms with van der Waals surface area (Å²) in [7, 11) is 0. The Morgan fingerprint density at radius 1 is 0.355 bits per heavy atom. The Morgan fingerprint density at radius 2 is 0.645 bits per heavy atom. The van der Waals surface area contributed by atoms with Crippen molar-refractivity contribution in [2.45, 2.75) is 148 Å². The highest BCUT2D eigenvalue weighted by Gasteiger charge is 1.96. The van der Waals surface area contributed by atoms with Crippen molar-refractivity contribution in [3.63, 3.8) is 0 Å². The van der Waals surface area contributed by atoms with E-state index in [4.69, 9.17) is 5.73 Å². The SMILES string of the molecule is NCCCCCCCCCCCCCCCCCCCCCCCCc1ccccc1. The van der Waals surface area contributed by atoms with E-state index in [-0.39, 0.29) is 0 Å². The zero-order valence-electron chi connectivity index (χ0n) is 20.9. The first-order valence-electron chi connectivity index (χ1n) is 14.2. The number of hydrogen-bond acceptors (Lipinski definition) is 1. The Morgan fingerprint density at radius 3 is 0.968 bits per heavy atom. The molecular weight excluding hydrogens is 374 g/mol. The molecule has 2 N–H and O–H groups in total. The lowest BCUT2D eigenvalue weighted by Crippen LogP contribution is -1.97. The van der Waals surface area contributed by atoms with Crippen LogP contribution >= 0.6 is 0 Å². The zero-order valence-corrected chi connectivity index (χ0v) is 20.9. The van der Waals surface area contributed by atoms with Gasteiger partial charge in [0, 0.05) is 0 Å². The van der Waals surface area contributed by atoms with Gasteiger partial charge < -0.3 is 5.73 Å². The van der Waals surface area contributed by atoms with E-state index >= 15 is 0 Å². The summed E-state index contributed by atoms with van der Waals surface area (Å²) in [5, 5.41) is 0. The first-order chi connectivity index (χ1) is 15.4. The molecule has 0 saturated carbocycles. The molecule has 0 spiro atoms. The first-order valence-corrected chi connectivity index (χ1v) is 14.2.